The van der Waals surface area contributed by atoms with Gasteiger partial charge in [0, 0.05) is 60.6 Å². The Labute approximate surface area is 525 Å². The van der Waals surface area contributed by atoms with E-state index in [1.807, 2.05) is 107 Å². The molecule has 9 rings (SSSR count). The molecule has 4 N–H and O–H groups in total. The number of methoxy groups -OCH3 is 2. The third kappa shape index (κ3) is 16.1. The summed E-state index contributed by atoms with van der Waals surface area (Å²) in [5.74, 6) is 0.199. The third-order valence-electron chi connectivity index (χ3n) is 14.7. The van der Waals surface area contributed by atoms with Gasteiger partial charge in [0.1, 0.15) is 48.4 Å². The van der Waals surface area contributed by atoms with Crippen molar-refractivity contribution in [2.45, 2.75) is 115 Å². The van der Waals surface area contributed by atoms with Crippen molar-refractivity contribution in [3.63, 3.8) is 0 Å². The molecule has 0 aliphatic carbocycles. The number of aryl methyl sites for hydroxylation is 1. The van der Waals surface area contributed by atoms with E-state index >= 15 is 0 Å². The van der Waals surface area contributed by atoms with Gasteiger partial charge in [-0.3, -0.25) is 43.6 Å². The van der Waals surface area contributed by atoms with Crippen molar-refractivity contribution in [3.8, 4) is 17.6 Å². The topological polar surface area (TPSA) is 300 Å². The quantitative estimate of drug-likeness (QED) is 0.0137. The lowest BCUT2D eigenvalue weighted by Crippen LogP contribution is -2.38. The number of carbonyl (C=O) groups excluding carboxylic acids is 2. The fourth-order valence-electron chi connectivity index (χ4n) is 10.4. The molecule has 2 saturated heterocycles. The molecule has 0 radical (unpaired) electrons. The van der Waals surface area contributed by atoms with Crippen LogP contribution < -0.4 is 36.9 Å². The fourth-order valence-corrected chi connectivity index (χ4v) is 14.0. The Morgan fingerprint density at radius 1 is 0.844 bits per heavy atom. The number of thiophene rings is 1. The number of aromatic amines is 2. The number of benzene rings is 3. The summed E-state index contributed by atoms with van der Waals surface area (Å²) in [6.45, 7) is 16.8. The lowest BCUT2D eigenvalue weighted by molar-refractivity contribution is -0.116. The van der Waals surface area contributed by atoms with Crippen molar-refractivity contribution in [2.75, 3.05) is 59.1 Å². The van der Waals surface area contributed by atoms with Gasteiger partial charge in [-0.15, -0.1) is 0 Å². The van der Waals surface area contributed by atoms with Crippen LogP contribution in [0, 0.1) is 24.8 Å². The van der Waals surface area contributed by atoms with E-state index in [2.05, 4.69) is 46.2 Å². The van der Waals surface area contributed by atoms with E-state index in [1.54, 1.807) is 42.5 Å². The molecule has 2 aliphatic rings. The molecule has 26 nitrogen and oxygen atoms in total. The van der Waals surface area contributed by atoms with E-state index in [0.717, 1.165) is 16.7 Å². The number of anilines is 1. The molecule has 2 amide bonds. The zero-order valence-corrected chi connectivity index (χ0v) is 53.2. The molecule has 8 atom stereocenters. The number of amides is 2. The normalized spacial score (nSPS) is 19.0. The van der Waals surface area contributed by atoms with Crippen LogP contribution >= 0.6 is 28.5 Å². The minimum atomic E-state index is -2.43. The van der Waals surface area contributed by atoms with Crippen LogP contribution in [-0.4, -0.2) is 136 Å². The van der Waals surface area contributed by atoms with Gasteiger partial charge in [-0.25, -0.2) is 21.0 Å². The molecule has 4 unspecified atom stereocenters. The summed E-state index contributed by atoms with van der Waals surface area (Å²) in [4.78, 5) is 83.0. The van der Waals surface area contributed by atoms with Crippen molar-refractivity contribution < 1.29 is 55.9 Å². The number of ether oxygens (including phenoxy) is 5. The zero-order valence-electron chi connectivity index (χ0n) is 50.6. The van der Waals surface area contributed by atoms with Crippen LogP contribution in [-0.2, 0) is 47.2 Å². The number of rotatable bonds is 31. The van der Waals surface area contributed by atoms with Crippen molar-refractivity contribution in [1.82, 2.24) is 39.1 Å². The summed E-state index contributed by atoms with van der Waals surface area (Å²) in [7, 11) is -1.10. The zero-order chi connectivity index (χ0) is 63.9. The summed E-state index contributed by atoms with van der Waals surface area (Å²) in [6, 6.07) is 28.4. The Morgan fingerprint density at radius 3 is 2.11 bits per heavy atom. The van der Waals surface area contributed by atoms with Gasteiger partial charge in [-0.2, -0.15) is 21.6 Å². The summed E-state index contributed by atoms with van der Waals surface area (Å²) in [6.07, 6.45) is -2.60. The number of hydrogen-bond donors (Lipinski definition) is 4. The number of imidazole rings is 1. The van der Waals surface area contributed by atoms with E-state index in [1.165, 1.54) is 28.4 Å². The lowest BCUT2D eigenvalue weighted by atomic mass is 9.80. The number of carbonyl (C=O) groups is 2. The Bertz CT molecular complexity index is 3730. The van der Waals surface area contributed by atoms with Gasteiger partial charge in [-0.1, -0.05) is 54.6 Å². The molecule has 90 heavy (non-hydrogen) atoms. The average Bonchev–Trinajstić information content (AvgIpc) is 1.17. The Morgan fingerprint density at radius 2 is 1.49 bits per heavy atom. The number of H-pyrrole nitrogens is 2. The van der Waals surface area contributed by atoms with Crippen LogP contribution in [0.2, 0.25) is 0 Å². The van der Waals surface area contributed by atoms with Gasteiger partial charge in [0.2, 0.25) is 18.4 Å². The van der Waals surface area contributed by atoms with Crippen LogP contribution in [0.5, 0.6) is 11.5 Å². The maximum absolute atomic E-state index is 13.7. The minimum absolute atomic E-state index is 0.0120. The van der Waals surface area contributed by atoms with Crippen LogP contribution in [0.25, 0.3) is 16.0 Å². The van der Waals surface area contributed by atoms with E-state index < -0.39 is 82.3 Å². The molecular weight excluding hydrogens is 1220 g/mol. The molecule has 6 heterocycles. The van der Waals surface area contributed by atoms with Crippen LogP contribution in [0.15, 0.2) is 123 Å². The van der Waals surface area contributed by atoms with Crippen molar-refractivity contribution in [3.05, 3.63) is 179 Å². The molecule has 476 valence electrons. The third-order valence-corrected chi connectivity index (χ3v) is 18.8. The number of hydrogen-bond acceptors (Lipinski definition) is 20. The highest BCUT2D eigenvalue weighted by molar-refractivity contribution is 7.44. The molecule has 7 aromatic rings. The first-order valence-corrected chi connectivity index (χ1v) is 32.2. The van der Waals surface area contributed by atoms with Gasteiger partial charge in [0.05, 0.1) is 65.1 Å². The molecular formula is C61H71N11O15P2S. The summed E-state index contributed by atoms with van der Waals surface area (Å²) in [5, 5.41) is 18.3. The highest BCUT2D eigenvalue weighted by Crippen LogP contribution is 2.52. The van der Waals surface area contributed by atoms with E-state index in [-0.39, 0.29) is 106 Å². The molecule has 29 heteroatoms. The smallest absolute Gasteiger partial charge is 0.333 e. The standard InChI is InChI=1S/C61H71N11O15P2S/c1-38(2)72(39(3)4)88(81-28-12-25-62)86-47-31-52(70-33-40(5)56(74)69-60(70)77)85-50(47)35-83-89(82-29-27-63-6)87-48-32-53(71-37-65-54-55(71)67-59(68-58(54)76)66-51(73)23-26-64-57(75)41-24-30-90-36-41)84-49(48)34-80-61(42-13-10-9-11-14-42,43-15-19-45(78-7)20-16-43)44-17-21-46(79-8)22-18-44/h9-11,13-22,24,30,33,36-39,47-50,52-53H,12,23,26-29,31-32,34-35H2,1-5,7-8H3,(H,64,75)(H,69,74,77)(H2,66,67,68,73,76)/t47?,48?,49-,50-,52-,53-,88?,89?/m1/s1. The first-order chi connectivity index (χ1) is 43.5. The second kappa shape index (κ2) is 31.4. The highest BCUT2D eigenvalue weighted by atomic mass is 32.1. The minimum Gasteiger partial charge on any atom is -0.497 e. The summed E-state index contributed by atoms with van der Waals surface area (Å²) in [5.41, 5.74) is -0.223. The lowest BCUT2D eigenvalue weighted by Gasteiger charge is -2.37. The SMILES string of the molecule is [C-]#[N+]CCOP(OC[C@H]1O[C@@H](n2cc(C)c(=O)[nH]c2=O)CC1OP(OCCC#N)N(C(C)C)C(C)C)OC1C[C@H](n2cnc3c(=O)[nH]c(NC(=O)CCNC(=O)c4ccsc4)nc32)O[C@@H]1COC(c1ccccc1)(c1ccc(OC)cc1)c1ccc(OC)cc1. The maximum Gasteiger partial charge on any atom is 0.333 e. The van der Waals surface area contributed by atoms with Gasteiger partial charge in [-0.05, 0) is 87.0 Å². The van der Waals surface area contributed by atoms with E-state index in [9.17, 15) is 29.2 Å². The summed E-state index contributed by atoms with van der Waals surface area (Å²) < 4.78 is 70.2. The van der Waals surface area contributed by atoms with Crippen LogP contribution in [0.4, 0.5) is 5.95 Å². The first kappa shape index (κ1) is 66.8. The molecule has 3 aromatic carbocycles. The maximum atomic E-state index is 13.7. The van der Waals surface area contributed by atoms with Crippen molar-refractivity contribution in [1.29, 1.82) is 5.26 Å². The summed E-state index contributed by atoms with van der Waals surface area (Å²) >= 11 is 1.37. The number of nitrogens with one attached hydrogen (secondary N) is 4. The van der Waals surface area contributed by atoms with Crippen molar-refractivity contribution in [2.24, 2.45) is 0 Å². The Kier molecular flexibility index (Phi) is 23.3. The second-order valence-electron chi connectivity index (χ2n) is 21.4. The Hall–Kier alpha value is -7.59. The van der Waals surface area contributed by atoms with Gasteiger partial charge >= 0.3 is 14.3 Å². The molecule has 2 aliphatic heterocycles. The predicted octanol–water partition coefficient (Wildman–Crippen LogP) is 8.62. The number of fused-ring (bicyclic) bond motifs is 1. The highest BCUT2D eigenvalue weighted by Gasteiger charge is 2.46. The monoisotopic (exact) mass is 1290 g/mol. The van der Waals surface area contributed by atoms with Crippen LogP contribution in [0.3, 0.4) is 0 Å². The van der Waals surface area contributed by atoms with Gasteiger partial charge in [0.25, 0.3) is 25.6 Å². The van der Waals surface area contributed by atoms with Crippen LogP contribution in [0.1, 0.15) is 98.4 Å². The average molecular weight is 1290 g/mol. The van der Waals surface area contributed by atoms with E-state index in [4.69, 9.17) is 52.9 Å². The predicted molar refractivity (Wildman–Crippen MR) is 335 cm³/mol. The van der Waals surface area contributed by atoms with Crippen molar-refractivity contribution >= 4 is 57.4 Å². The number of aromatic nitrogens is 6. The molecule has 0 spiro atoms. The first-order valence-electron chi connectivity index (χ1n) is 29.0. The van der Waals surface area contributed by atoms with Gasteiger partial charge in [0.15, 0.2) is 11.2 Å². The largest absolute Gasteiger partial charge is 0.497 e. The fraction of sp³-hybridized carbons (Fsp3) is 0.426. The second-order valence-corrected chi connectivity index (χ2v) is 24.8. The number of nitrogens with zero attached hydrogens (tertiary/aromatic N) is 7. The molecule has 4 aromatic heterocycles. The molecule has 0 bridgehead atoms. The number of nitriles is 1. The molecule has 2 fully saturated rings. The van der Waals surface area contributed by atoms with E-state index in [0.29, 0.717) is 17.1 Å². The molecule has 0 saturated carbocycles. The Balaban J connectivity index is 1.06. The van der Waals surface area contributed by atoms with Gasteiger partial charge < -0.3 is 56.5 Å².